The monoisotopic (exact) mass is 312 g/mol. The Bertz CT molecular complexity index is 625. The molecule has 112 valence electrons. The number of carbonyl (C=O) groups is 2. The van der Waals surface area contributed by atoms with Crippen LogP contribution in [-0.2, 0) is 9.59 Å². The molecular formula is C14H14F2N2O2S. The van der Waals surface area contributed by atoms with Gasteiger partial charge in [-0.3, -0.25) is 9.59 Å². The van der Waals surface area contributed by atoms with Crippen molar-refractivity contribution in [3.63, 3.8) is 0 Å². The Morgan fingerprint density at radius 1 is 1.48 bits per heavy atom. The van der Waals surface area contributed by atoms with Crippen LogP contribution >= 0.6 is 11.8 Å². The third kappa shape index (κ3) is 2.39. The van der Waals surface area contributed by atoms with Crippen molar-refractivity contribution in [3.8, 4) is 0 Å². The second-order valence-corrected chi connectivity index (χ2v) is 6.88. The molecule has 0 aliphatic carbocycles. The number of carbonyl (C=O) groups excluding carboxylic acids is 2. The maximum atomic E-state index is 13.6. The average molecular weight is 312 g/mol. The van der Waals surface area contributed by atoms with Crippen molar-refractivity contribution in [2.75, 3.05) is 11.1 Å². The van der Waals surface area contributed by atoms with Gasteiger partial charge >= 0.3 is 0 Å². The van der Waals surface area contributed by atoms with Crippen molar-refractivity contribution in [2.24, 2.45) is 0 Å². The molecule has 0 radical (unpaired) electrons. The normalized spacial score (nSPS) is 27.9. The minimum absolute atomic E-state index is 0.0673. The highest BCUT2D eigenvalue weighted by molar-refractivity contribution is 8.01. The Hall–Kier alpha value is -1.63. The molecule has 0 spiro atoms. The molecule has 0 saturated carbocycles. The molecule has 2 aliphatic heterocycles. The molecule has 2 unspecified atom stereocenters. The van der Waals surface area contributed by atoms with Crippen molar-refractivity contribution in [1.29, 1.82) is 0 Å². The molecule has 2 amide bonds. The number of rotatable bonds is 2. The van der Waals surface area contributed by atoms with E-state index in [2.05, 4.69) is 5.32 Å². The Balaban J connectivity index is 1.80. The van der Waals surface area contributed by atoms with Gasteiger partial charge in [-0.25, -0.2) is 8.78 Å². The zero-order chi connectivity index (χ0) is 15.2. The van der Waals surface area contributed by atoms with E-state index in [-0.39, 0.29) is 16.5 Å². The van der Waals surface area contributed by atoms with Crippen LogP contribution in [0, 0.1) is 11.6 Å². The van der Waals surface area contributed by atoms with E-state index in [1.807, 2.05) is 6.92 Å². The number of hydrogen-bond donors (Lipinski definition) is 1. The Morgan fingerprint density at radius 2 is 2.24 bits per heavy atom. The van der Waals surface area contributed by atoms with Gasteiger partial charge in [-0.1, -0.05) is 0 Å². The summed E-state index contributed by atoms with van der Waals surface area (Å²) >= 11 is 1.55. The highest BCUT2D eigenvalue weighted by Crippen LogP contribution is 2.47. The first-order valence-corrected chi connectivity index (χ1v) is 7.61. The first kappa shape index (κ1) is 14.3. The Kier molecular flexibility index (Phi) is 3.39. The van der Waals surface area contributed by atoms with Crippen molar-refractivity contribution < 1.29 is 18.4 Å². The first-order chi connectivity index (χ1) is 9.90. The molecular weight excluding hydrogens is 298 g/mol. The zero-order valence-corrected chi connectivity index (χ0v) is 12.2. The molecule has 4 nitrogen and oxygen atoms in total. The summed E-state index contributed by atoms with van der Waals surface area (Å²) in [5.74, 6) is -1.42. The molecule has 2 heterocycles. The first-order valence-electron chi connectivity index (χ1n) is 6.63. The van der Waals surface area contributed by atoms with Gasteiger partial charge in [0.05, 0.1) is 10.6 Å². The molecule has 2 saturated heterocycles. The summed E-state index contributed by atoms with van der Waals surface area (Å²) < 4.78 is 26.7. The number of hydrogen-bond acceptors (Lipinski definition) is 3. The maximum Gasteiger partial charge on any atom is 0.248 e. The van der Waals surface area contributed by atoms with Gasteiger partial charge in [0.25, 0.3) is 0 Å². The topological polar surface area (TPSA) is 49.4 Å². The van der Waals surface area contributed by atoms with Crippen molar-refractivity contribution >= 4 is 29.3 Å². The second kappa shape index (κ2) is 4.98. The van der Waals surface area contributed by atoms with Crippen LogP contribution in [-0.4, -0.2) is 33.4 Å². The minimum Gasteiger partial charge on any atom is -0.322 e. The standard InChI is InChI=1S/C14H14F2N2O2S/c1-14-5-4-12(19)18(14)11(7-21-14)13(20)17-10-6-8(15)2-3-9(10)16/h2-3,6,11H,4-5,7H2,1H3,(H,17,20). The quantitative estimate of drug-likeness (QED) is 0.912. The van der Waals surface area contributed by atoms with Crippen LogP contribution in [0.1, 0.15) is 19.8 Å². The summed E-state index contributed by atoms with van der Waals surface area (Å²) in [6, 6.07) is 2.23. The van der Waals surface area contributed by atoms with Gasteiger partial charge in [-0.05, 0) is 25.5 Å². The lowest BCUT2D eigenvalue weighted by atomic mass is 10.2. The summed E-state index contributed by atoms with van der Waals surface area (Å²) in [6.07, 6.45) is 1.12. The summed E-state index contributed by atoms with van der Waals surface area (Å²) in [5, 5.41) is 2.38. The number of thioether (sulfide) groups is 1. The molecule has 0 bridgehead atoms. The third-order valence-electron chi connectivity index (χ3n) is 3.93. The maximum absolute atomic E-state index is 13.6. The van der Waals surface area contributed by atoms with Crippen LogP contribution in [0.4, 0.5) is 14.5 Å². The molecule has 3 rings (SSSR count). The van der Waals surface area contributed by atoms with Crippen LogP contribution in [0.15, 0.2) is 18.2 Å². The minimum atomic E-state index is -0.703. The van der Waals surface area contributed by atoms with Gasteiger partial charge in [0, 0.05) is 18.2 Å². The SMILES string of the molecule is CC12CCC(=O)N1C(C(=O)Nc1cc(F)ccc1F)CS2. The summed E-state index contributed by atoms with van der Waals surface area (Å²) in [5.41, 5.74) is -0.203. The molecule has 2 fully saturated rings. The van der Waals surface area contributed by atoms with E-state index in [9.17, 15) is 18.4 Å². The van der Waals surface area contributed by atoms with E-state index < -0.39 is 23.6 Å². The Labute approximate surface area is 124 Å². The lowest BCUT2D eigenvalue weighted by molar-refractivity contribution is -0.135. The highest BCUT2D eigenvalue weighted by atomic mass is 32.2. The largest absolute Gasteiger partial charge is 0.322 e. The molecule has 1 aromatic rings. The lowest BCUT2D eigenvalue weighted by Crippen LogP contribution is -2.48. The highest BCUT2D eigenvalue weighted by Gasteiger charge is 2.52. The number of benzene rings is 1. The number of fused-ring (bicyclic) bond motifs is 1. The smallest absolute Gasteiger partial charge is 0.248 e. The predicted octanol–water partition coefficient (Wildman–Crippen LogP) is 2.36. The van der Waals surface area contributed by atoms with Crippen molar-refractivity contribution in [2.45, 2.75) is 30.7 Å². The van der Waals surface area contributed by atoms with Crippen LogP contribution in [0.5, 0.6) is 0 Å². The van der Waals surface area contributed by atoms with E-state index >= 15 is 0 Å². The van der Waals surface area contributed by atoms with E-state index in [0.717, 1.165) is 18.2 Å². The van der Waals surface area contributed by atoms with Gasteiger partial charge in [0.1, 0.15) is 17.7 Å². The van der Waals surface area contributed by atoms with Crippen molar-refractivity contribution in [1.82, 2.24) is 4.90 Å². The van der Waals surface area contributed by atoms with Gasteiger partial charge in [0.15, 0.2) is 0 Å². The van der Waals surface area contributed by atoms with Crippen LogP contribution < -0.4 is 5.32 Å². The fourth-order valence-electron chi connectivity index (χ4n) is 2.82. The molecule has 2 aliphatic rings. The van der Waals surface area contributed by atoms with Gasteiger partial charge in [-0.15, -0.1) is 11.8 Å². The summed E-state index contributed by atoms with van der Waals surface area (Å²) in [4.78, 5) is 25.5. The average Bonchev–Trinajstić information content (AvgIpc) is 2.91. The molecule has 1 aromatic carbocycles. The number of nitrogens with zero attached hydrogens (tertiary/aromatic N) is 1. The van der Waals surface area contributed by atoms with E-state index in [1.165, 1.54) is 0 Å². The second-order valence-electron chi connectivity index (χ2n) is 5.38. The molecule has 0 aromatic heterocycles. The summed E-state index contributed by atoms with van der Waals surface area (Å²) in [7, 11) is 0. The lowest BCUT2D eigenvalue weighted by Gasteiger charge is -2.29. The van der Waals surface area contributed by atoms with Crippen LogP contribution in [0.25, 0.3) is 0 Å². The molecule has 2 atom stereocenters. The fourth-order valence-corrected chi connectivity index (χ4v) is 4.26. The molecule has 7 heteroatoms. The summed E-state index contributed by atoms with van der Waals surface area (Å²) in [6.45, 7) is 1.93. The number of anilines is 1. The zero-order valence-electron chi connectivity index (χ0n) is 11.4. The fraction of sp³-hybridized carbons (Fsp3) is 0.429. The van der Waals surface area contributed by atoms with Crippen molar-refractivity contribution in [3.05, 3.63) is 29.8 Å². The number of halogens is 2. The third-order valence-corrected chi connectivity index (χ3v) is 5.44. The molecule has 1 N–H and O–H groups in total. The van der Waals surface area contributed by atoms with Crippen LogP contribution in [0.3, 0.4) is 0 Å². The van der Waals surface area contributed by atoms with Gasteiger partial charge in [-0.2, -0.15) is 0 Å². The van der Waals surface area contributed by atoms with E-state index in [0.29, 0.717) is 18.6 Å². The van der Waals surface area contributed by atoms with E-state index in [4.69, 9.17) is 0 Å². The molecule has 21 heavy (non-hydrogen) atoms. The van der Waals surface area contributed by atoms with Gasteiger partial charge in [0.2, 0.25) is 11.8 Å². The van der Waals surface area contributed by atoms with Crippen LogP contribution in [0.2, 0.25) is 0 Å². The number of amides is 2. The van der Waals surface area contributed by atoms with Gasteiger partial charge < -0.3 is 10.2 Å². The predicted molar refractivity (Wildman–Crippen MR) is 75.7 cm³/mol. The number of nitrogens with one attached hydrogen (secondary N) is 1. The Morgan fingerprint density at radius 3 is 3.00 bits per heavy atom. The van der Waals surface area contributed by atoms with E-state index in [1.54, 1.807) is 16.7 Å².